The van der Waals surface area contributed by atoms with Crippen LogP contribution in [0.4, 0.5) is 13.2 Å². The molecule has 1 atom stereocenters. The second kappa shape index (κ2) is 8.51. The van der Waals surface area contributed by atoms with Gasteiger partial charge < -0.3 is 4.74 Å². The van der Waals surface area contributed by atoms with Crippen LogP contribution in [-0.2, 0) is 19.7 Å². The predicted octanol–water partition coefficient (Wildman–Crippen LogP) is 4.42. The summed E-state index contributed by atoms with van der Waals surface area (Å²) in [7, 11) is -8.77. The van der Waals surface area contributed by atoms with E-state index in [1.54, 1.807) is 30.3 Å². The predicted molar refractivity (Wildman–Crippen MR) is 110 cm³/mol. The average molecular weight is 473 g/mol. The van der Waals surface area contributed by atoms with Crippen LogP contribution in [0.2, 0.25) is 0 Å². The maximum atomic E-state index is 12.6. The Kier molecular flexibility index (Phi) is 6.33. The minimum absolute atomic E-state index is 0.0345. The molecular formula is C21H19F3O5S2. The minimum Gasteiger partial charge on any atom is -0.493 e. The molecule has 31 heavy (non-hydrogen) atoms. The molecule has 10 heteroatoms. The molecule has 2 aromatic rings. The molecule has 0 bridgehead atoms. The third kappa shape index (κ3) is 5.19. The molecule has 0 amide bonds. The Balaban J connectivity index is 1.64. The Labute approximate surface area is 178 Å². The van der Waals surface area contributed by atoms with Gasteiger partial charge in [-0.15, -0.1) is 0 Å². The Morgan fingerprint density at radius 2 is 1.65 bits per heavy atom. The Bertz CT molecular complexity index is 1230. The summed E-state index contributed by atoms with van der Waals surface area (Å²) in [6, 6.07) is 10.8. The number of sulfone groups is 2. The van der Waals surface area contributed by atoms with Gasteiger partial charge in [-0.05, 0) is 47.9 Å². The molecule has 166 valence electrons. The molecule has 0 radical (unpaired) electrons. The first-order valence-corrected chi connectivity index (χ1v) is 12.5. The zero-order valence-electron chi connectivity index (χ0n) is 16.3. The van der Waals surface area contributed by atoms with Gasteiger partial charge >= 0.3 is 5.51 Å². The molecule has 5 nitrogen and oxygen atoms in total. The number of hydrogen-bond acceptors (Lipinski definition) is 5. The van der Waals surface area contributed by atoms with Crippen molar-refractivity contribution in [2.24, 2.45) is 5.92 Å². The molecule has 2 aromatic carbocycles. The van der Waals surface area contributed by atoms with Crippen molar-refractivity contribution in [2.75, 3.05) is 12.9 Å². The Morgan fingerprint density at radius 3 is 2.19 bits per heavy atom. The van der Waals surface area contributed by atoms with Crippen LogP contribution in [0, 0.1) is 5.92 Å². The number of hydrogen-bond donors (Lipinski definition) is 0. The number of halogens is 3. The van der Waals surface area contributed by atoms with Crippen molar-refractivity contribution >= 4 is 25.2 Å². The lowest BCUT2D eigenvalue weighted by Gasteiger charge is -2.18. The van der Waals surface area contributed by atoms with Crippen molar-refractivity contribution in [2.45, 2.75) is 21.7 Å². The van der Waals surface area contributed by atoms with E-state index in [1.165, 1.54) is 12.1 Å². The van der Waals surface area contributed by atoms with Gasteiger partial charge in [-0.3, -0.25) is 0 Å². The van der Waals surface area contributed by atoms with Crippen LogP contribution in [-0.4, -0.2) is 35.2 Å². The van der Waals surface area contributed by atoms with E-state index in [-0.39, 0.29) is 23.2 Å². The second-order valence-corrected chi connectivity index (χ2v) is 10.9. The van der Waals surface area contributed by atoms with Gasteiger partial charge in [0.2, 0.25) is 0 Å². The zero-order chi connectivity index (χ0) is 22.9. The normalized spacial score (nSPS) is 17.3. The summed E-state index contributed by atoms with van der Waals surface area (Å²) < 4.78 is 90.1. The van der Waals surface area contributed by atoms with Crippen LogP contribution >= 0.6 is 0 Å². The molecule has 1 aliphatic rings. The highest BCUT2D eigenvalue weighted by Gasteiger charge is 2.46. The fourth-order valence-corrected chi connectivity index (χ4v) is 4.74. The molecule has 3 rings (SSSR count). The van der Waals surface area contributed by atoms with E-state index >= 15 is 0 Å². The second-order valence-electron chi connectivity index (χ2n) is 7.01. The van der Waals surface area contributed by atoms with Crippen molar-refractivity contribution in [1.82, 2.24) is 0 Å². The van der Waals surface area contributed by atoms with E-state index in [2.05, 4.69) is 0 Å². The van der Waals surface area contributed by atoms with Crippen LogP contribution in [0.15, 0.2) is 76.5 Å². The van der Waals surface area contributed by atoms with Gasteiger partial charge in [0, 0.05) is 12.2 Å². The Hall–Kier alpha value is -2.59. The van der Waals surface area contributed by atoms with Crippen molar-refractivity contribution in [3.8, 4) is 5.75 Å². The summed E-state index contributed by atoms with van der Waals surface area (Å²) in [5.74, 6) is 0.208. The van der Waals surface area contributed by atoms with Gasteiger partial charge in [0.1, 0.15) is 5.75 Å². The fraction of sp³-hybridized carbons (Fsp3) is 0.238. The minimum atomic E-state index is -5.39. The van der Waals surface area contributed by atoms with Crippen molar-refractivity contribution in [3.05, 3.63) is 72.3 Å². The molecule has 0 saturated heterocycles. The summed E-state index contributed by atoms with van der Waals surface area (Å²) in [6.07, 6.45) is 7.31. The summed E-state index contributed by atoms with van der Waals surface area (Å²) in [5.41, 5.74) is -3.97. The highest BCUT2D eigenvalue weighted by molar-refractivity contribution is 7.92. The van der Waals surface area contributed by atoms with Crippen molar-refractivity contribution < 1.29 is 34.7 Å². The van der Waals surface area contributed by atoms with Crippen LogP contribution in [0.3, 0.4) is 0 Å². The monoisotopic (exact) mass is 472 g/mol. The summed E-state index contributed by atoms with van der Waals surface area (Å²) in [4.78, 5) is -0.600. The topological polar surface area (TPSA) is 77.5 Å². The highest BCUT2D eigenvalue weighted by atomic mass is 32.2. The largest absolute Gasteiger partial charge is 0.501 e. The maximum absolute atomic E-state index is 12.6. The van der Waals surface area contributed by atoms with Gasteiger partial charge in [0.15, 0.2) is 9.84 Å². The quantitative estimate of drug-likeness (QED) is 0.622. The van der Waals surface area contributed by atoms with E-state index in [4.69, 9.17) is 4.74 Å². The fourth-order valence-electron chi connectivity index (χ4n) is 3.07. The van der Waals surface area contributed by atoms with Crippen LogP contribution < -0.4 is 4.74 Å². The molecule has 1 unspecified atom stereocenters. The van der Waals surface area contributed by atoms with E-state index < -0.39 is 30.1 Å². The summed E-state index contributed by atoms with van der Waals surface area (Å²) in [6.45, 7) is 0.222. The lowest BCUT2D eigenvalue weighted by Crippen LogP contribution is -2.23. The summed E-state index contributed by atoms with van der Waals surface area (Å²) >= 11 is 0. The van der Waals surface area contributed by atoms with E-state index in [0.717, 1.165) is 24.0 Å². The van der Waals surface area contributed by atoms with Gasteiger partial charge in [0.05, 0.1) is 16.4 Å². The van der Waals surface area contributed by atoms with Crippen LogP contribution in [0.1, 0.15) is 12.0 Å². The van der Waals surface area contributed by atoms with Crippen LogP contribution in [0.25, 0.3) is 5.57 Å². The standard InChI is InChI=1S/C21H19F3O5S2/c1-30(25,26)20-5-3-2-4-19(20)16-8-6-15(7-9-16)14-29-17-10-12-18(13-11-17)31(27,28)21(22,23)24/h2-6,8-13,15H,7,14H2,1H3. The zero-order valence-corrected chi connectivity index (χ0v) is 18.0. The third-order valence-corrected chi connectivity index (χ3v) is 7.35. The third-order valence-electron chi connectivity index (χ3n) is 4.69. The van der Waals surface area contributed by atoms with Gasteiger partial charge in [-0.25, -0.2) is 16.8 Å². The molecule has 0 fully saturated rings. The lowest BCUT2D eigenvalue weighted by molar-refractivity contribution is -0.0436. The number of allylic oxidation sites excluding steroid dienone is 3. The van der Waals surface area contributed by atoms with Gasteiger partial charge in [0.25, 0.3) is 9.84 Å². The lowest BCUT2D eigenvalue weighted by atomic mass is 9.93. The van der Waals surface area contributed by atoms with E-state index in [1.807, 2.05) is 12.2 Å². The SMILES string of the molecule is CS(=O)(=O)c1ccccc1C1=CCC(COc2ccc(S(=O)(=O)C(F)(F)F)cc2)C=C1. The highest BCUT2D eigenvalue weighted by Crippen LogP contribution is 2.32. The van der Waals surface area contributed by atoms with Gasteiger partial charge in [-0.1, -0.05) is 36.4 Å². The molecule has 0 saturated carbocycles. The van der Waals surface area contributed by atoms with Crippen molar-refractivity contribution in [1.29, 1.82) is 0 Å². The Morgan fingerprint density at radius 1 is 1.00 bits per heavy atom. The molecule has 0 spiro atoms. The molecule has 0 aliphatic heterocycles. The number of benzene rings is 2. The van der Waals surface area contributed by atoms with E-state index in [0.29, 0.717) is 12.0 Å². The van der Waals surface area contributed by atoms with Crippen LogP contribution in [0.5, 0.6) is 5.75 Å². The van der Waals surface area contributed by atoms with E-state index in [9.17, 15) is 30.0 Å². The first kappa shape index (κ1) is 23.1. The summed E-state index contributed by atoms with van der Waals surface area (Å²) in [5, 5.41) is 0. The number of rotatable bonds is 6. The molecule has 1 aliphatic carbocycles. The first-order valence-electron chi connectivity index (χ1n) is 9.11. The molecule has 0 aromatic heterocycles. The molecular weight excluding hydrogens is 453 g/mol. The van der Waals surface area contributed by atoms with Gasteiger partial charge in [-0.2, -0.15) is 13.2 Å². The molecule has 0 heterocycles. The smallest absolute Gasteiger partial charge is 0.493 e. The maximum Gasteiger partial charge on any atom is 0.501 e. The van der Waals surface area contributed by atoms with Crippen molar-refractivity contribution in [3.63, 3.8) is 0 Å². The number of alkyl halides is 3. The molecule has 0 N–H and O–H groups in total. The number of ether oxygens (including phenoxy) is 1. The first-order chi connectivity index (χ1) is 14.4. The average Bonchev–Trinajstić information content (AvgIpc) is 2.71.